The van der Waals surface area contributed by atoms with Gasteiger partial charge in [0.25, 0.3) is 5.56 Å². The Kier molecular flexibility index (Phi) is 3.82. The molecule has 0 aliphatic carbocycles. The predicted molar refractivity (Wildman–Crippen MR) is 77.8 cm³/mol. The zero-order valence-electron chi connectivity index (χ0n) is 10.8. The maximum Gasteiger partial charge on any atom is 0.328 e. The molecule has 0 saturated carbocycles. The van der Waals surface area contributed by atoms with Crippen molar-refractivity contribution in [1.29, 1.82) is 0 Å². The zero-order valence-corrected chi connectivity index (χ0v) is 11.7. The van der Waals surface area contributed by atoms with Crippen LogP contribution in [0.4, 0.5) is 0 Å². The number of aromatic nitrogens is 2. The number of hydrogen-bond acceptors (Lipinski definition) is 4. The third-order valence-corrected chi connectivity index (χ3v) is 3.75. The normalized spacial score (nSPS) is 14.5. The van der Waals surface area contributed by atoms with Crippen molar-refractivity contribution in [2.75, 3.05) is 12.0 Å². The monoisotopic (exact) mass is 280 g/mol. The van der Waals surface area contributed by atoms with Crippen molar-refractivity contribution in [3.8, 4) is 0 Å². The highest BCUT2D eigenvalue weighted by Crippen LogP contribution is 2.12. The standard InChI is InChI=1S/C13H16N2O3S/c1-13(18,8-19-2)7-15-11(16)9-5-3-4-6-10(9)14-12(15)17/h3-6,18H,7-8H2,1-2H3,(H,14,17)/t13-/m1/s1. The molecule has 1 heterocycles. The lowest BCUT2D eigenvalue weighted by Gasteiger charge is -2.22. The van der Waals surface area contributed by atoms with Crippen LogP contribution in [0.1, 0.15) is 6.92 Å². The summed E-state index contributed by atoms with van der Waals surface area (Å²) in [6.45, 7) is 1.59. The highest BCUT2D eigenvalue weighted by atomic mass is 32.2. The minimum atomic E-state index is -1.10. The Morgan fingerprint density at radius 2 is 2.05 bits per heavy atom. The van der Waals surface area contributed by atoms with Crippen molar-refractivity contribution >= 4 is 22.7 Å². The number of benzene rings is 1. The van der Waals surface area contributed by atoms with Crippen molar-refractivity contribution in [1.82, 2.24) is 9.55 Å². The van der Waals surface area contributed by atoms with E-state index in [1.165, 1.54) is 11.8 Å². The first-order chi connectivity index (χ1) is 8.94. The van der Waals surface area contributed by atoms with Crippen LogP contribution in [-0.2, 0) is 6.54 Å². The Labute approximate surface area is 114 Å². The summed E-state index contributed by atoms with van der Waals surface area (Å²) < 4.78 is 1.05. The summed E-state index contributed by atoms with van der Waals surface area (Å²) >= 11 is 1.47. The van der Waals surface area contributed by atoms with Gasteiger partial charge >= 0.3 is 5.69 Å². The first-order valence-electron chi connectivity index (χ1n) is 5.88. The average molecular weight is 280 g/mol. The van der Waals surface area contributed by atoms with Gasteiger partial charge in [0.15, 0.2) is 0 Å². The Morgan fingerprint density at radius 1 is 1.37 bits per heavy atom. The lowest BCUT2D eigenvalue weighted by Crippen LogP contribution is -2.44. The highest BCUT2D eigenvalue weighted by molar-refractivity contribution is 7.98. The van der Waals surface area contributed by atoms with Crippen molar-refractivity contribution in [3.63, 3.8) is 0 Å². The van der Waals surface area contributed by atoms with Crippen LogP contribution >= 0.6 is 11.8 Å². The molecule has 0 unspecified atom stereocenters. The minimum absolute atomic E-state index is 0.0210. The number of aromatic amines is 1. The van der Waals surface area contributed by atoms with Gasteiger partial charge in [-0.25, -0.2) is 4.79 Å². The molecule has 1 atom stereocenters. The molecule has 1 aromatic heterocycles. The molecular weight excluding hydrogens is 264 g/mol. The molecule has 0 radical (unpaired) electrons. The average Bonchev–Trinajstić information content (AvgIpc) is 2.34. The molecule has 102 valence electrons. The van der Waals surface area contributed by atoms with Gasteiger partial charge in [0, 0.05) is 5.75 Å². The smallest absolute Gasteiger partial charge is 0.328 e. The van der Waals surface area contributed by atoms with E-state index in [4.69, 9.17) is 0 Å². The molecule has 6 heteroatoms. The van der Waals surface area contributed by atoms with E-state index in [0.29, 0.717) is 16.7 Å². The number of rotatable bonds is 4. The van der Waals surface area contributed by atoms with E-state index in [0.717, 1.165) is 4.57 Å². The molecule has 0 spiro atoms. The molecular formula is C13H16N2O3S. The van der Waals surface area contributed by atoms with Gasteiger partial charge < -0.3 is 10.1 Å². The van der Waals surface area contributed by atoms with Crippen LogP contribution in [0.2, 0.25) is 0 Å². The van der Waals surface area contributed by atoms with Crippen LogP contribution in [0, 0.1) is 0 Å². The lowest BCUT2D eigenvalue weighted by atomic mass is 10.1. The third kappa shape index (κ3) is 2.90. The molecule has 0 aliphatic rings. The fraction of sp³-hybridized carbons (Fsp3) is 0.385. The molecule has 0 fully saturated rings. The highest BCUT2D eigenvalue weighted by Gasteiger charge is 2.22. The van der Waals surface area contributed by atoms with Crippen molar-refractivity contribution < 1.29 is 5.11 Å². The van der Waals surface area contributed by atoms with E-state index in [1.807, 2.05) is 6.26 Å². The Balaban J connectivity index is 2.56. The summed E-state index contributed by atoms with van der Waals surface area (Å²) in [5.41, 5.74) is -1.46. The van der Waals surface area contributed by atoms with E-state index in [1.54, 1.807) is 31.2 Å². The quantitative estimate of drug-likeness (QED) is 0.869. The number of thioether (sulfide) groups is 1. The maximum absolute atomic E-state index is 12.3. The Morgan fingerprint density at radius 3 is 2.74 bits per heavy atom. The van der Waals surface area contributed by atoms with Crippen molar-refractivity contribution in [2.45, 2.75) is 19.1 Å². The molecule has 5 nitrogen and oxygen atoms in total. The number of hydrogen-bond donors (Lipinski definition) is 2. The number of nitrogens with one attached hydrogen (secondary N) is 1. The third-order valence-electron chi connectivity index (χ3n) is 2.84. The van der Waals surface area contributed by atoms with Crippen molar-refractivity contribution in [3.05, 3.63) is 45.1 Å². The molecule has 1 aromatic carbocycles. The molecule has 19 heavy (non-hydrogen) atoms. The van der Waals surface area contributed by atoms with Gasteiger partial charge in [0.05, 0.1) is 23.0 Å². The molecule has 0 amide bonds. The van der Waals surface area contributed by atoms with Crippen molar-refractivity contribution in [2.24, 2.45) is 0 Å². The second-order valence-electron chi connectivity index (χ2n) is 4.80. The summed E-state index contributed by atoms with van der Waals surface area (Å²) in [7, 11) is 0. The number of H-pyrrole nitrogens is 1. The van der Waals surface area contributed by atoms with Gasteiger partial charge in [-0.15, -0.1) is 0 Å². The fourth-order valence-electron chi connectivity index (χ4n) is 2.04. The molecule has 0 aliphatic heterocycles. The minimum Gasteiger partial charge on any atom is -0.387 e. The maximum atomic E-state index is 12.3. The van der Waals surface area contributed by atoms with Gasteiger partial charge in [-0.2, -0.15) is 11.8 Å². The van der Waals surface area contributed by atoms with Crippen LogP contribution < -0.4 is 11.2 Å². The van der Waals surface area contributed by atoms with Crippen LogP contribution in [-0.4, -0.2) is 32.3 Å². The van der Waals surface area contributed by atoms with Gasteiger partial charge in [-0.05, 0) is 25.3 Å². The van der Waals surface area contributed by atoms with Crippen LogP contribution in [0.25, 0.3) is 10.9 Å². The van der Waals surface area contributed by atoms with E-state index < -0.39 is 11.3 Å². The van der Waals surface area contributed by atoms with Crippen LogP contribution in [0.5, 0.6) is 0 Å². The lowest BCUT2D eigenvalue weighted by molar-refractivity contribution is 0.0643. The zero-order chi connectivity index (χ0) is 14.0. The predicted octanol–water partition coefficient (Wildman–Crippen LogP) is 0.804. The summed E-state index contributed by atoms with van der Waals surface area (Å²) in [6.07, 6.45) is 1.86. The Hall–Kier alpha value is -1.53. The second kappa shape index (κ2) is 5.22. The van der Waals surface area contributed by atoms with E-state index >= 15 is 0 Å². The number of nitrogens with zero attached hydrogens (tertiary/aromatic N) is 1. The first kappa shape index (κ1) is 13.9. The van der Waals surface area contributed by atoms with Gasteiger partial charge in [-0.3, -0.25) is 9.36 Å². The molecule has 2 aromatic rings. The van der Waals surface area contributed by atoms with E-state index in [2.05, 4.69) is 4.98 Å². The van der Waals surface area contributed by atoms with Gasteiger partial charge in [-0.1, -0.05) is 12.1 Å². The largest absolute Gasteiger partial charge is 0.387 e. The van der Waals surface area contributed by atoms with Gasteiger partial charge in [0.2, 0.25) is 0 Å². The number of aliphatic hydroxyl groups is 1. The SMILES string of the molecule is CSC[C@](C)(O)Cn1c(=O)[nH]c2ccccc2c1=O. The fourth-order valence-corrected chi connectivity index (χ4v) is 2.75. The molecule has 0 saturated heterocycles. The first-order valence-corrected chi connectivity index (χ1v) is 7.27. The van der Waals surface area contributed by atoms with Gasteiger partial charge in [0.1, 0.15) is 0 Å². The molecule has 2 N–H and O–H groups in total. The van der Waals surface area contributed by atoms with E-state index in [-0.39, 0.29) is 12.1 Å². The topological polar surface area (TPSA) is 75.1 Å². The summed E-state index contributed by atoms with van der Waals surface area (Å²) in [5.74, 6) is 0.450. The van der Waals surface area contributed by atoms with Crippen LogP contribution in [0.3, 0.4) is 0 Å². The molecule has 2 rings (SSSR count). The summed E-state index contributed by atoms with van der Waals surface area (Å²) in [5, 5.41) is 10.6. The number of fused-ring (bicyclic) bond motifs is 1. The summed E-state index contributed by atoms with van der Waals surface area (Å²) in [6, 6.07) is 6.84. The van der Waals surface area contributed by atoms with Crippen LogP contribution in [0.15, 0.2) is 33.9 Å². The number of para-hydroxylation sites is 1. The summed E-state index contributed by atoms with van der Waals surface area (Å²) in [4.78, 5) is 26.8. The second-order valence-corrected chi connectivity index (χ2v) is 5.66. The molecule has 0 bridgehead atoms. The van der Waals surface area contributed by atoms with E-state index in [9.17, 15) is 14.7 Å². The Bertz CT molecular complexity index is 703.